The highest BCUT2D eigenvalue weighted by Gasteiger charge is 2.21. The Morgan fingerprint density at radius 1 is 1.20 bits per heavy atom. The summed E-state index contributed by atoms with van der Waals surface area (Å²) in [5, 5.41) is 3.66. The van der Waals surface area contributed by atoms with Crippen molar-refractivity contribution in [2.75, 3.05) is 17.8 Å². The molecule has 0 saturated carbocycles. The van der Waals surface area contributed by atoms with Crippen LogP contribution in [-0.2, 0) is 9.84 Å². The van der Waals surface area contributed by atoms with Crippen molar-refractivity contribution in [3.05, 3.63) is 47.9 Å². The van der Waals surface area contributed by atoms with Gasteiger partial charge in [-0.2, -0.15) is 0 Å². The summed E-state index contributed by atoms with van der Waals surface area (Å²) in [4.78, 5) is 26.4. The first kappa shape index (κ1) is 20.5. The van der Waals surface area contributed by atoms with Gasteiger partial charge < -0.3 is 4.42 Å². The first-order valence-electron chi connectivity index (χ1n) is 8.65. The lowest BCUT2D eigenvalue weighted by atomic mass is 10.2. The average Bonchev–Trinajstić information content (AvgIpc) is 3.35. The molecule has 0 radical (unpaired) electrons. The number of anilines is 1. The van der Waals surface area contributed by atoms with Crippen LogP contribution in [0.5, 0.6) is 0 Å². The molecule has 0 aliphatic carbocycles. The van der Waals surface area contributed by atoms with E-state index in [2.05, 4.69) is 20.3 Å². The van der Waals surface area contributed by atoms with Gasteiger partial charge in [0.05, 0.1) is 32.6 Å². The van der Waals surface area contributed by atoms with E-state index in [1.54, 1.807) is 31.2 Å². The van der Waals surface area contributed by atoms with Crippen LogP contribution in [0.15, 0.2) is 50.9 Å². The lowest BCUT2D eigenvalue weighted by Gasteiger charge is -2.10. The molecule has 30 heavy (non-hydrogen) atoms. The topological polar surface area (TPSA) is 115 Å². The first-order valence-corrected chi connectivity index (χ1v) is 12.6. The highest BCUT2D eigenvalue weighted by molar-refractivity contribution is 7.98. The molecule has 1 N–H and O–H groups in total. The zero-order chi connectivity index (χ0) is 21.5. The molecule has 1 aromatic carbocycles. The monoisotopic (exact) mass is 460 g/mol. The number of carbonyl (C=O) groups excluding carboxylic acids is 1. The molecule has 0 spiro atoms. The van der Waals surface area contributed by atoms with E-state index >= 15 is 0 Å². The molecule has 0 aliphatic heterocycles. The lowest BCUT2D eigenvalue weighted by Crippen LogP contribution is -2.16. The number of rotatable bonds is 5. The van der Waals surface area contributed by atoms with Gasteiger partial charge in [-0.1, -0.05) is 11.3 Å². The number of nitrogens with one attached hydrogen (secondary N) is 1. The molecule has 11 heteroatoms. The minimum absolute atomic E-state index is 0.207. The Morgan fingerprint density at radius 2 is 2.00 bits per heavy atom. The summed E-state index contributed by atoms with van der Waals surface area (Å²) < 4.78 is 29.5. The molecular weight excluding hydrogens is 444 g/mol. The van der Waals surface area contributed by atoms with Crippen LogP contribution >= 0.6 is 23.1 Å². The molecule has 0 fully saturated rings. The number of amides is 1. The van der Waals surface area contributed by atoms with Gasteiger partial charge >= 0.3 is 0 Å². The molecule has 4 aromatic rings. The van der Waals surface area contributed by atoms with E-state index in [1.807, 2.05) is 6.26 Å². The van der Waals surface area contributed by atoms with Crippen molar-refractivity contribution in [2.45, 2.75) is 16.8 Å². The molecule has 1 amide bonds. The van der Waals surface area contributed by atoms with Gasteiger partial charge in [-0.15, -0.1) is 11.8 Å². The van der Waals surface area contributed by atoms with Gasteiger partial charge in [0.1, 0.15) is 5.03 Å². The summed E-state index contributed by atoms with van der Waals surface area (Å²) in [5.41, 5.74) is 1.47. The molecule has 154 valence electrons. The standard InChI is InChI=1S/C19H16N4O4S3/c1-10-15(18(28-2)22-16(20-10)13-5-4-8-27-13)17(24)23-19-21-12-7-6-11(30(3,25)26)9-14(12)29-19/h4-9H,1-3H3,(H,21,23,24). The Hall–Kier alpha value is -2.76. The zero-order valence-electron chi connectivity index (χ0n) is 16.2. The van der Waals surface area contributed by atoms with Gasteiger partial charge in [0.15, 0.2) is 26.6 Å². The second kappa shape index (κ2) is 7.82. The van der Waals surface area contributed by atoms with E-state index in [-0.39, 0.29) is 10.8 Å². The minimum Gasteiger partial charge on any atom is -0.461 e. The summed E-state index contributed by atoms with van der Waals surface area (Å²) in [7, 11) is -3.32. The minimum atomic E-state index is -3.32. The number of aryl methyl sites for hydroxylation is 1. The SMILES string of the molecule is CSc1nc(-c2ccco2)nc(C)c1C(=O)Nc1nc2ccc(S(C)(=O)=O)cc2s1. The highest BCUT2D eigenvalue weighted by Crippen LogP contribution is 2.30. The number of aromatic nitrogens is 3. The van der Waals surface area contributed by atoms with Crippen molar-refractivity contribution in [1.29, 1.82) is 0 Å². The summed E-state index contributed by atoms with van der Waals surface area (Å²) in [6, 6.07) is 8.18. The van der Waals surface area contributed by atoms with Crippen molar-refractivity contribution in [1.82, 2.24) is 15.0 Å². The lowest BCUT2D eigenvalue weighted by molar-refractivity contribution is 0.102. The Balaban J connectivity index is 1.67. The quantitative estimate of drug-likeness (QED) is 0.351. The number of hydrogen-bond acceptors (Lipinski definition) is 9. The Bertz CT molecular complexity index is 1360. The third kappa shape index (κ3) is 3.95. The van der Waals surface area contributed by atoms with Gasteiger partial charge in [-0.3, -0.25) is 10.1 Å². The van der Waals surface area contributed by atoms with E-state index < -0.39 is 9.84 Å². The Kier molecular flexibility index (Phi) is 5.35. The summed E-state index contributed by atoms with van der Waals surface area (Å²) in [6.07, 6.45) is 4.52. The molecular formula is C19H16N4O4S3. The smallest absolute Gasteiger partial charge is 0.262 e. The number of furan rings is 1. The third-order valence-electron chi connectivity index (χ3n) is 4.23. The van der Waals surface area contributed by atoms with Gasteiger partial charge in [0.2, 0.25) is 0 Å². The van der Waals surface area contributed by atoms with Crippen LogP contribution in [0.3, 0.4) is 0 Å². The molecule has 0 atom stereocenters. The average molecular weight is 461 g/mol. The molecule has 4 rings (SSSR count). The fraction of sp³-hybridized carbons (Fsp3) is 0.158. The fourth-order valence-corrected chi connectivity index (χ4v) is 5.06. The first-order chi connectivity index (χ1) is 14.3. The van der Waals surface area contributed by atoms with Gasteiger partial charge in [-0.25, -0.2) is 23.4 Å². The molecule has 0 bridgehead atoms. The number of nitrogens with zero attached hydrogens (tertiary/aromatic N) is 3. The number of fused-ring (bicyclic) bond motifs is 1. The second-order valence-corrected chi connectivity index (χ2v) is 10.2. The van der Waals surface area contributed by atoms with E-state index in [1.165, 1.54) is 35.4 Å². The molecule has 0 unspecified atom stereocenters. The van der Waals surface area contributed by atoms with Crippen LogP contribution in [0.1, 0.15) is 16.1 Å². The van der Waals surface area contributed by atoms with Gasteiger partial charge in [-0.05, 0) is 43.5 Å². The number of carbonyl (C=O) groups is 1. The Labute approximate surface area is 180 Å². The fourth-order valence-electron chi connectivity index (χ4n) is 2.82. The van der Waals surface area contributed by atoms with E-state index in [4.69, 9.17) is 4.42 Å². The van der Waals surface area contributed by atoms with Crippen molar-refractivity contribution in [3.63, 3.8) is 0 Å². The number of thioether (sulfide) groups is 1. The highest BCUT2D eigenvalue weighted by atomic mass is 32.2. The van der Waals surface area contributed by atoms with Crippen molar-refractivity contribution in [3.8, 4) is 11.6 Å². The zero-order valence-corrected chi connectivity index (χ0v) is 18.6. The maximum absolute atomic E-state index is 13.0. The predicted molar refractivity (Wildman–Crippen MR) is 117 cm³/mol. The maximum atomic E-state index is 13.0. The number of thiazole rings is 1. The summed E-state index contributed by atoms with van der Waals surface area (Å²) >= 11 is 2.53. The normalized spacial score (nSPS) is 11.7. The number of hydrogen-bond donors (Lipinski definition) is 1. The molecule has 0 saturated heterocycles. The maximum Gasteiger partial charge on any atom is 0.262 e. The van der Waals surface area contributed by atoms with Crippen LogP contribution in [-0.4, -0.2) is 41.8 Å². The van der Waals surface area contributed by atoms with Crippen LogP contribution in [0.2, 0.25) is 0 Å². The molecule has 8 nitrogen and oxygen atoms in total. The van der Waals surface area contributed by atoms with Crippen LogP contribution in [0.4, 0.5) is 5.13 Å². The van der Waals surface area contributed by atoms with Crippen LogP contribution in [0, 0.1) is 6.92 Å². The molecule has 3 aromatic heterocycles. The number of sulfone groups is 1. The van der Waals surface area contributed by atoms with Crippen LogP contribution in [0.25, 0.3) is 21.8 Å². The van der Waals surface area contributed by atoms with Gasteiger partial charge in [0, 0.05) is 6.26 Å². The van der Waals surface area contributed by atoms with Crippen molar-refractivity contribution >= 4 is 54.2 Å². The number of benzene rings is 1. The predicted octanol–water partition coefficient (Wildman–Crippen LogP) is 4.03. The Morgan fingerprint density at radius 3 is 2.67 bits per heavy atom. The summed E-state index contributed by atoms with van der Waals surface area (Å²) in [5.74, 6) is 0.546. The van der Waals surface area contributed by atoms with Gasteiger partial charge in [0.25, 0.3) is 5.91 Å². The largest absolute Gasteiger partial charge is 0.461 e. The third-order valence-corrected chi connectivity index (χ3v) is 6.95. The van der Waals surface area contributed by atoms with E-state index in [0.717, 1.165) is 6.26 Å². The van der Waals surface area contributed by atoms with Crippen molar-refractivity contribution in [2.24, 2.45) is 0 Å². The van der Waals surface area contributed by atoms with E-state index in [9.17, 15) is 13.2 Å². The second-order valence-electron chi connectivity index (χ2n) is 6.37. The van der Waals surface area contributed by atoms with E-state index in [0.29, 0.717) is 43.2 Å². The van der Waals surface area contributed by atoms with Crippen LogP contribution < -0.4 is 5.32 Å². The molecule has 3 heterocycles. The molecule has 0 aliphatic rings. The van der Waals surface area contributed by atoms with Crippen molar-refractivity contribution < 1.29 is 17.6 Å². The summed E-state index contributed by atoms with van der Waals surface area (Å²) in [6.45, 7) is 1.74.